The molecule has 4 heterocycles. The van der Waals surface area contributed by atoms with Crippen molar-refractivity contribution in [2.75, 3.05) is 46.2 Å². The Hall–Kier alpha value is -3.08. The monoisotopic (exact) mass is 560 g/mol. The van der Waals surface area contributed by atoms with E-state index in [0.29, 0.717) is 59.2 Å². The number of pyridine rings is 1. The fourth-order valence-electron chi connectivity index (χ4n) is 5.42. The molecule has 10 nitrogen and oxygen atoms in total. The summed E-state index contributed by atoms with van der Waals surface area (Å²) in [4.78, 5) is 39.2. The maximum atomic E-state index is 14.2. The minimum absolute atomic E-state index is 0.0886. The first-order valence-electron chi connectivity index (χ1n) is 12.5. The van der Waals surface area contributed by atoms with E-state index in [0.717, 1.165) is 19.4 Å². The third kappa shape index (κ3) is 4.54. The van der Waals surface area contributed by atoms with Gasteiger partial charge in [0, 0.05) is 68.9 Å². The molecule has 1 amide bonds. The second kappa shape index (κ2) is 10.6. The molecule has 3 aromatic rings. The van der Waals surface area contributed by atoms with Crippen molar-refractivity contribution in [3.63, 3.8) is 0 Å². The molecular weight excluding hydrogens is 531 g/mol. The number of carbonyl (C=O) groups is 1. The summed E-state index contributed by atoms with van der Waals surface area (Å²) in [5.41, 5.74) is 0.887. The second-order valence-corrected chi connectivity index (χ2v) is 10.3. The molecular formula is C26H30Cl2N6O4. The predicted octanol–water partition coefficient (Wildman–Crippen LogP) is 3.52. The van der Waals surface area contributed by atoms with Crippen molar-refractivity contribution >= 4 is 46.1 Å². The zero-order chi connectivity index (χ0) is 27.1. The van der Waals surface area contributed by atoms with Crippen LogP contribution in [0.1, 0.15) is 19.8 Å². The van der Waals surface area contributed by atoms with Gasteiger partial charge in [-0.1, -0.05) is 23.2 Å². The van der Waals surface area contributed by atoms with Crippen LogP contribution in [0, 0.1) is 0 Å². The van der Waals surface area contributed by atoms with Crippen LogP contribution in [0.15, 0.2) is 23.1 Å². The zero-order valence-corrected chi connectivity index (χ0v) is 23.3. The Morgan fingerprint density at radius 1 is 1.16 bits per heavy atom. The number of amides is 1. The Balaban J connectivity index is 1.64. The summed E-state index contributed by atoms with van der Waals surface area (Å²) < 4.78 is 12.6. The van der Waals surface area contributed by atoms with Crippen molar-refractivity contribution in [1.82, 2.24) is 24.3 Å². The lowest BCUT2D eigenvalue weighted by Crippen LogP contribution is -2.62. The second-order valence-electron chi connectivity index (χ2n) is 9.59. The van der Waals surface area contributed by atoms with Gasteiger partial charge in [0.15, 0.2) is 0 Å². The van der Waals surface area contributed by atoms with Crippen LogP contribution in [0.4, 0.5) is 5.95 Å². The highest BCUT2D eigenvalue weighted by atomic mass is 35.5. The summed E-state index contributed by atoms with van der Waals surface area (Å²) >= 11 is 13.4. The number of ether oxygens (including phenoxy) is 2. The Bertz CT molecular complexity index is 1430. The number of fused-ring (bicyclic) bond motifs is 1. The fourth-order valence-corrected chi connectivity index (χ4v) is 6.12. The number of halogens is 2. The molecule has 5 rings (SSSR count). The van der Waals surface area contributed by atoms with Gasteiger partial charge in [0.05, 0.1) is 29.8 Å². The van der Waals surface area contributed by atoms with E-state index in [-0.39, 0.29) is 33.6 Å². The molecule has 2 fully saturated rings. The molecule has 0 unspecified atom stereocenters. The average molecular weight is 561 g/mol. The number of methoxy groups -OCH3 is 2. The molecule has 1 atom stereocenters. The molecule has 2 aliphatic rings. The van der Waals surface area contributed by atoms with E-state index in [1.807, 2.05) is 4.90 Å². The van der Waals surface area contributed by atoms with E-state index in [1.165, 1.54) is 14.2 Å². The summed E-state index contributed by atoms with van der Waals surface area (Å²) in [7, 11) is 4.72. The van der Waals surface area contributed by atoms with Crippen LogP contribution >= 0.6 is 23.2 Å². The Morgan fingerprint density at radius 3 is 2.45 bits per heavy atom. The van der Waals surface area contributed by atoms with Crippen molar-refractivity contribution in [1.29, 1.82) is 0 Å². The molecule has 0 bridgehead atoms. The van der Waals surface area contributed by atoms with Crippen LogP contribution in [0.5, 0.6) is 11.5 Å². The summed E-state index contributed by atoms with van der Waals surface area (Å²) in [6.07, 6.45) is 3.64. The molecule has 2 aliphatic heterocycles. The van der Waals surface area contributed by atoms with Crippen molar-refractivity contribution in [3.8, 4) is 22.6 Å². The van der Waals surface area contributed by atoms with E-state index in [2.05, 4.69) is 20.2 Å². The Labute approximate surface area is 230 Å². The number of aromatic nitrogens is 3. The van der Waals surface area contributed by atoms with Crippen molar-refractivity contribution in [2.45, 2.75) is 38.4 Å². The summed E-state index contributed by atoms with van der Waals surface area (Å²) in [5.74, 6) is 1.19. The summed E-state index contributed by atoms with van der Waals surface area (Å²) in [5, 5.41) is 4.06. The highest BCUT2D eigenvalue weighted by Gasteiger charge is 2.39. The molecule has 38 heavy (non-hydrogen) atoms. The molecule has 1 aromatic carbocycles. The highest BCUT2D eigenvalue weighted by Crippen LogP contribution is 2.45. The fraction of sp³-hybridized carbons (Fsp3) is 0.462. The van der Waals surface area contributed by atoms with Crippen LogP contribution in [-0.4, -0.2) is 83.2 Å². The molecule has 2 aromatic heterocycles. The number of rotatable bonds is 7. The minimum atomic E-state index is -0.275. The number of benzene rings is 1. The summed E-state index contributed by atoms with van der Waals surface area (Å²) in [6.45, 7) is 4.37. The molecule has 0 aliphatic carbocycles. The summed E-state index contributed by atoms with van der Waals surface area (Å²) in [6, 6.07) is 3.70. The molecule has 2 saturated heterocycles. The SMILES string of the molecule is CNc1ncc2cc(-c3c(Cl)c(OC)cc(OC)c3Cl)c(=O)n(C[C@H]3CCCN3C3CN(C(C)=O)C3)c2n1. The first kappa shape index (κ1) is 26.5. The number of carbonyl (C=O) groups excluding carboxylic acids is 1. The molecule has 0 spiro atoms. The van der Waals surface area contributed by atoms with Gasteiger partial charge in [-0.25, -0.2) is 4.98 Å². The topological polar surface area (TPSA) is 102 Å². The Kier molecular flexibility index (Phi) is 7.39. The maximum absolute atomic E-state index is 14.2. The van der Waals surface area contributed by atoms with Crippen LogP contribution in [0.3, 0.4) is 0 Å². The van der Waals surface area contributed by atoms with Gasteiger partial charge in [-0.3, -0.25) is 19.1 Å². The Morgan fingerprint density at radius 2 is 1.84 bits per heavy atom. The van der Waals surface area contributed by atoms with Crippen molar-refractivity contribution in [3.05, 3.63) is 38.7 Å². The van der Waals surface area contributed by atoms with Gasteiger partial charge in [0.1, 0.15) is 17.1 Å². The largest absolute Gasteiger partial charge is 0.495 e. The molecule has 1 N–H and O–H groups in total. The number of hydrogen-bond acceptors (Lipinski definition) is 8. The van der Waals surface area contributed by atoms with E-state index in [9.17, 15) is 9.59 Å². The standard InChI is InChI=1S/C26H30Cl2N6O4/c1-14(35)32-11-17(12-32)33-7-5-6-16(33)13-34-24-15(10-30-26(29-2)31-24)8-18(25(34)36)21-22(27)19(37-3)9-20(38-4)23(21)28/h8-10,16-17H,5-7,11-13H2,1-4H3,(H,29,30,31)/t16-/m1/s1. The number of likely N-dealkylation sites (tertiary alicyclic amines) is 2. The van der Waals surface area contributed by atoms with Crippen LogP contribution in [-0.2, 0) is 11.3 Å². The average Bonchev–Trinajstić information content (AvgIpc) is 3.32. The lowest BCUT2D eigenvalue weighted by Gasteiger charge is -2.45. The van der Waals surface area contributed by atoms with Crippen molar-refractivity contribution < 1.29 is 14.3 Å². The minimum Gasteiger partial charge on any atom is -0.495 e. The number of nitrogens with zero attached hydrogens (tertiary/aromatic N) is 5. The first-order valence-corrected chi connectivity index (χ1v) is 13.2. The van der Waals surface area contributed by atoms with E-state index < -0.39 is 0 Å². The number of hydrogen-bond donors (Lipinski definition) is 1. The number of anilines is 1. The van der Waals surface area contributed by atoms with Crippen LogP contribution in [0.2, 0.25) is 10.0 Å². The van der Waals surface area contributed by atoms with Gasteiger partial charge in [0.25, 0.3) is 5.56 Å². The highest BCUT2D eigenvalue weighted by molar-refractivity contribution is 6.41. The lowest BCUT2D eigenvalue weighted by atomic mass is 10.0. The third-order valence-electron chi connectivity index (χ3n) is 7.49. The van der Waals surface area contributed by atoms with E-state index >= 15 is 0 Å². The molecule has 0 radical (unpaired) electrons. The predicted molar refractivity (Wildman–Crippen MR) is 148 cm³/mol. The number of nitrogens with one attached hydrogen (secondary N) is 1. The van der Waals surface area contributed by atoms with E-state index in [4.69, 9.17) is 32.7 Å². The third-order valence-corrected chi connectivity index (χ3v) is 8.24. The maximum Gasteiger partial charge on any atom is 0.260 e. The quantitative estimate of drug-likeness (QED) is 0.468. The van der Waals surface area contributed by atoms with Crippen molar-refractivity contribution in [2.24, 2.45) is 0 Å². The lowest BCUT2D eigenvalue weighted by molar-refractivity contribution is -0.136. The zero-order valence-electron chi connectivity index (χ0n) is 21.8. The normalized spacial score (nSPS) is 18.1. The van der Waals surface area contributed by atoms with Crippen LogP contribution < -0.4 is 20.3 Å². The molecule has 12 heteroatoms. The van der Waals surface area contributed by atoms with Gasteiger partial charge < -0.3 is 19.7 Å². The van der Waals surface area contributed by atoms with Gasteiger partial charge in [-0.2, -0.15) is 4.98 Å². The van der Waals surface area contributed by atoms with Gasteiger partial charge >= 0.3 is 0 Å². The molecule has 202 valence electrons. The van der Waals surface area contributed by atoms with E-state index in [1.54, 1.807) is 36.9 Å². The van der Waals surface area contributed by atoms with Crippen LogP contribution in [0.25, 0.3) is 22.2 Å². The van der Waals surface area contributed by atoms with Gasteiger partial charge in [-0.15, -0.1) is 0 Å². The molecule has 0 saturated carbocycles. The van der Waals surface area contributed by atoms with Gasteiger partial charge in [0.2, 0.25) is 11.9 Å². The van der Waals surface area contributed by atoms with Gasteiger partial charge in [-0.05, 0) is 25.5 Å². The smallest absolute Gasteiger partial charge is 0.260 e. The first-order chi connectivity index (χ1) is 18.3.